The third-order valence-corrected chi connectivity index (χ3v) is 4.98. The highest BCUT2D eigenvalue weighted by Crippen LogP contribution is 2.28. The maximum Gasteiger partial charge on any atom is 0.140 e. The molecule has 0 aromatic carbocycles. The van der Waals surface area contributed by atoms with Crippen LogP contribution in [0.1, 0.15) is 11.4 Å². The number of anilines is 1. The van der Waals surface area contributed by atoms with E-state index in [0.717, 1.165) is 41.4 Å². The molecule has 0 spiro atoms. The molecule has 0 bridgehead atoms. The molecule has 7 heteroatoms. The fourth-order valence-electron chi connectivity index (χ4n) is 3.10. The maximum absolute atomic E-state index is 5.95. The second kappa shape index (κ2) is 5.90. The number of thiophene rings is 1. The Morgan fingerprint density at radius 1 is 1.35 bits per heavy atom. The Bertz CT molecular complexity index is 827. The third kappa shape index (κ3) is 2.82. The minimum absolute atomic E-state index is 0.116. The predicted octanol–water partition coefficient (Wildman–Crippen LogP) is 2.41. The van der Waals surface area contributed by atoms with Crippen LogP contribution in [0, 0.1) is 13.8 Å². The molecule has 0 amide bonds. The lowest BCUT2D eigenvalue weighted by Crippen LogP contribution is -2.45. The highest BCUT2D eigenvalue weighted by atomic mass is 32.1. The van der Waals surface area contributed by atoms with Gasteiger partial charge < -0.3 is 9.64 Å². The number of rotatable bonds is 3. The monoisotopic (exact) mass is 329 g/mol. The topological polar surface area (TPSA) is 56.1 Å². The molecule has 6 nitrogen and oxygen atoms in total. The fourth-order valence-corrected chi connectivity index (χ4v) is 3.83. The van der Waals surface area contributed by atoms with Crippen LogP contribution < -0.4 is 4.90 Å². The van der Waals surface area contributed by atoms with E-state index < -0.39 is 0 Å². The molecule has 1 aliphatic rings. The van der Waals surface area contributed by atoms with Crippen molar-refractivity contribution in [1.82, 2.24) is 19.7 Å². The van der Waals surface area contributed by atoms with Crippen molar-refractivity contribution >= 4 is 27.4 Å². The van der Waals surface area contributed by atoms with Gasteiger partial charge in [-0.25, -0.2) is 9.97 Å². The van der Waals surface area contributed by atoms with Gasteiger partial charge in [-0.2, -0.15) is 5.10 Å². The molecular weight excluding hydrogens is 310 g/mol. The summed E-state index contributed by atoms with van der Waals surface area (Å²) in [5.41, 5.74) is 2.22. The molecule has 1 aliphatic heterocycles. The largest absolute Gasteiger partial charge is 0.373 e. The van der Waals surface area contributed by atoms with Gasteiger partial charge in [0.15, 0.2) is 0 Å². The van der Waals surface area contributed by atoms with Gasteiger partial charge in [-0.15, -0.1) is 11.3 Å². The predicted molar refractivity (Wildman–Crippen MR) is 91.1 cm³/mol. The number of fused-ring (bicyclic) bond motifs is 1. The number of aryl methyl sites for hydroxylation is 2. The van der Waals surface area contributed by atoms with Gasteiger partial charge in [0.2, 0.25) is 0 Å². The number of aromatic nitrogens is 4. The van der Waals surface area contributed by atoms with Crippen molar-refractivity contribution < 1.29 is 4.74 Å². The van der Waals surface area contributed by atoms with Gasteiger partial charge in [-0.05, 0) is 31.4 Å². The van der Waals surface area contributed by atoms with Crippen molar-refractivity contribution in [2.24, 2.45) is 0 Å². The zero-order valence-corrected chi connectivity index (χ0v) is 14.1. The van der Waals surface area contributed by atoms with Crippen LogP contribution in [-0.2, 0) is 11.3 Å². The van der Waals surface area contributed by atoms with Crippen molar-refractivity contribution in [3.63, 3.8) is 0 Å². The van der Waals surface area contributed by atoms with Gasteiger partial charge in [0, 0.05) is 18.8 Å². The second-order valence-electron chi connectivity index (χ2n) is 5.88. The standard InChI is InChI=1S/C16H19N5OS/c1-11-7-12(2)21(19-11)9-13-8-20(4-5-22-13)15-14-3-6-23-16(14)18-10-17-15/h3,6-7,10,13H,4-5,8-9H2,1-2H3/t13-/m1/s1. The van der Waals surface area contributed by atoms with Gasteiger partial charge in [0.1, 0.15) is 17.0 Å². The first kappa shape index (κ1) is 14.6. The van der Waals surface area contributed by atoms with Gasteiger partial charge >= 0.3 is 0 Å². The second-order valence-corrected chi connectivity index (χ2v) is 6.78. The molecule has 0 aliphatic carbocycles. The van der Waals surface area contributed by atoms with Gasteiger partial charge in [-0.3, -0.25) is 4.68 Å². The number of nitrogens with zero attached hydrogens (tertiary/aromatic N) is 5. The minimum Gasteiger partial charge on any atom is -0.373 e. The van der Waals surface area contributed by atoms with Crippen LogP contribution in [0.3, 0.4) is 0 Å². The molecule has 1 saturated heterocycles. The number of morpholine rings is 1. The summed E-state index contributed by atoms with van der Waals surface area (Å²) in [7, 11) is 0. The number of hydrogen-bond acceptors (Lipinski definition) is 6. The first-order valence-electron chi connectivity index (χ1n) is 7.76. The lowest BCUT2D eigenvalue weighted by atomic mass is 10.2. The highest BCUT2D eigenvalue weighted by molar-refractivity contribution is 7.16. The molecule has 3 aromatic rings. The van der Waals surface area contributed by atoms with Crippen LogP contribution in [0.15, 0.2) is 23.8 Å². The molecule has 4 heterocycles. The molecule has 23 heavy (non-hydrogen) atoms. The highest BCUT2D eigenvalue weighted by Gasteiger charge is 2.24. The Morgan fingerprint density at radius 2 is 2.26 bits per heavy atom. The number of ether oxygens (including phenoxy) is 1. The average molecular weight is 329 g/mol. The number of hydrogen-bond donors (Lipinski definition) is 0. The maximum atomic E-state index is 5.95. The molecular formula is C16H19N5OS. The van der Waals surface area contributed by atoms with Crippen molar-refractivity contribution in [3.05, 3.63) is 35.2 Å². The average Bonchev–Trinajstić information content (AvgIpc) is 3.14. The van der Waals surface area contributed by atoms with E-state index in [2.05, 4.69) is 44.4 Å². The van der Waals surface area contributed by atoms with Crippen LogP contribution in [-0.4, -0.2) is 45.5 Å². The fraction of sp³-hybridized carbons (Fsp3) is 0.438. The summed E-state index contributed by atoms with van der Waals surface area (Å²) in [6.45, 7) is 7.26. The van der Waals surface area contributed by atoms with Crippen LogP contribution >= 0.6 is 11.3 Å². The summed E-state index contributed by atoms with van der Waals surface area (Å²) in [4.78, 5) is 12.2. The van der Waals surface area contributed by atoms with E-state index in [1.54, 1.807) is 17.7 Å². The van der Waals surface area contributed by atoms with Crippen LogP contribution in [0.2, 0.25) is 0 Å². The van der Waals surface area contributed by atoms with E-state index in [-0.39, 0.29) is 6.10 Å². The van der Waals surface area contributed by atoms with E-state index in [0.29, 0.717) is 6.61 Å². The Hall–Kier alpha value is -1.99. The molecule has 0 unspecified atom stereocenters. The van der Waals surface area contributed by atoms with Crippen molar-refractivity contribution in [1.29, 1.82) is 0 Å². The summed E-state index contributed by atoms with van der Waals surface area (Å²) in [5.74, 6) is 1.01. The summed E-state index contributed by atoms with van der Waals surface area (Å²) >= 11 is 1.65. The van der Waals surface area contributed by atoms with E-state index in [1.165, 1.54) is 5.69 Å². The lowest BCUT2D eigenvalue weighted by molar-refractivity contribution is 0.0268. The molecule has 120 valence electrons. The quantitative estimate of drug-likeness (QED) is 0.738. The zero-order chi connectivity index (χ0) is 15.8. The molecule has 1 atom stereocenters. The first-order valence-corrected chi connectivity index (χ1v) is 8.64. The van der Waals surface area contributed by atoms with E-state index >= 15 is 0 Å². The summed E-state index contributed by atoms with van der Waals surface area (Å²) in [6, 6.07) is 4.20. The Kier molecular flexibility index (Phi) is 3.74. The smallest absolute Gasteiger partial charge is 0.140 e. The molecule has 0 radical (unpaired) electrons. The Labute approximate surface area is 138 Å². The Morgan fingerprint density at radius 3 is 3.09 bits per heavy atom. The SMILES string of the molecule is Cc1cc(C)n(C[C@H]2CN(c3ncnc4sccc34)CCO2)n1. The lowest BCUT2D eigenvalue weighted by Gasteiger charge is -2.34. The van der Waals surface area contributed by atoms with Crippen LogP contribution in [0.4, 0.5) is 5.82 Å². The molecule has 4 rings (SSSR count). The minimum atomic E-state index is 0.116. The molecule has 1 fully saturated rings. The molecule has 0 saturated carbocycles. The normalized spacial score (nSPS) is 18.7. The third-order valence-electron chi connectivity index (χ3n) is 4.16. The summed E-state index contributed by atoms with van der Waals surface area (Å²) in [5, 5.41) is 7.73. The van der Waals surface area contributed by atoms with Gasteiger partial charge in [0.25, 0.3) is 0 Å². The molecule has 3 aromatic heterocycles. The zero-order valence-electron chi connectivity index (χ0n) is 13.3. The van der Waals surface area contributed by atoms with Crippen molar-refractivity contribution in [2.75, 3.05) is 24.6 Å². The summed E-state index contributed by atoms with van der Waals surface area (Å²) in [6.07, 6.45) is 1.77. The first-order chi connectivity index (χ1) is 11.2. The van der Waals surface area contributed by atoms with Crippen LogP contribution in [0.25, 0.3) is 10.2 Å². The van der Waals surface area contributed by atoms with Crippen LogP contribution in [0.5, 0.6) is 0 Å². The van der Waals surface area contributed by atoms with Crippen molar-refractivity contribution in [2.45, 2.75) is 26.5 Å². The van der Waals surface area contributed by atoms with E-state index in [4.69, 9.17) is 4.74 Å². The van der Waals surface area contributed by atoms with Gasteiger partial charge in [-0.1, -0.05) is 0 Å². The molecule has 0 N–H and O–H groups in total. The van der Waals surface area contributed by atoms with E-state index in [9.17, 15) is 0 Å². The van der Waals surface area contributed by atoms with E-state index in [1.807, 2.05) is 11.6 Å². The summed E-state index contributed by atoms with van der Waals surface area (Å²) < 4.78 is 7.98. The van der Waals surface area contributed by atoms with Gasteiger partial charge in [0.05, 0.1) is 30.3 Å². The Balaban J connectivity index is 1.55. The van der Waals surface area contributed by atoms with Crippen molar-refractivity contribution in [3.8, 4) is 0 Å².